The Morgan fingerprint density at radius 2 is 2.25 bits per heavy atom. The van der Waals surface area contributed by atoms with Crippen molar-refractivity contribution in [2.24, 2.45) is 0 Å². The van der Waals surface area contributed by atoms with Crippen molar-refractivity contribution in [1.82, 2.24) is 19.8 Å². The summed E-state index contributed by atoms with van der Waals surface area (Å²) in [5.74, 6) is 0.803. The summed E-state index contributed by atoms with van der Waals surface area (Å²) in [6, 6.07) is 0. The average Bonchev–Trinajstić information content (AvgIpc) is 3.17. The zero-order valence-electron chi connectivity index (χ0n) is 13.0. The number of hydrogen-bond donors (Lipinski definition) is 0. The Balaban J connectivity index is 1.54. The molecule has 3 heterocycles. The number of nitrogens with zero attached hydrogens (tertiary/aromatic N) is 4. The van der Waals surface area contributed by atoms with Gasteiger partial charge in [-0.15, -0.1) is 0 Å². The van der Waals surface area contributed by atoms with E-state index in [0.717, 1.165) is 0 Å². The molecule has 8 nitrogen and oxygen atoms in total. The Morgan fingerprint density at radius 1 is 1.46 bits per heavy atom. The van der Waals surface area contributed by atoms with Gasteiger partial charge in [-0.3, -0.25) is 19.5 Å². The first-order chi connectivity index (χ1) is 11.6. The Hall–Kier alpha value is -1.94. The van der Waals surface area contributed by atoms with Crippen LogP contribution >= 0.6 is 24.0 Å². The predicted octanol–water partition coefficient (Wildman–Crippen LogP) is 0.325. The first-order valence-electron chi connectivity index (χ1n) is 7.34. The third-order valence-electron chi connectivity index (χ3n) is 3.72. The summed E-state index contributed by atoms with van der Waals surface area (Å²) in [5, 5.41) is 0. The van der Waals surface area contributed by atoms with Crippen LogP contribution in [0.2, 0.25) is 0 Å². The van der Waals surface area contributed by atoms with Crippen LogP contribution in [0.25, 0.3) is 0 Å². The molecule has 3 rings (SSSR count). The van der Waals surface area contributed by atoms with Crippen molar-refractivity contribution in [3.05, 3.63) is 12.4 Å². The van der Waals surface area contributed by atoms with Crippen molar-refractivity contribution in [2.75, 3.05) is 32.5 Å². The molecule has 2 aliphatic rings. The van der Waals surface area contributed by atoms with E-state index in [2.05, 4.69) is 9.97 Å². The summed E-state index contributed by atoms with van der Waals surface area (Å²) < 4.78 is 11.2. The third kappa shape index (κ3) is 3.75. The molecule has 0 bridgehead atoms. The lowest BCUT2D eigenvalue weighted by Gasteiger charge is -2.20. The quantitative estimate of drug-likeness (QED) is 0.687. The van der Waals surface area contributed by atoms with Crippen molar-refractivity contribution in [3.63, 3.8) is 0 Å². The molecule has 2 amide bonds. The summed E-state index contributed by atoms with van der Waals surface area (Å²) in [7, 11) is 1.51. The fraction of sp³-hybridized carbons (Fsp3) is 0.500. The van der Waals surface area contributed by atoms with Crippen molar-refractivity contribution < 1.29 is 19.1 Å². The Bertz CT molecular complexity index is 656. The second-order valence-electron chi connectivity index (χ2n) is 5.30. The molecule has 0 aliphatic carbocycles. The molecule has 0 N–H and O–H groups in total. The number of methoxy groups -OCH3 is 1. The molecular formula is C14H16N4O4S2. The molecule has 2 fully saturated rings. The molecule has 1 atom stereocenters. The van der Waals surface area contributed by atoms with Gasteiger partial charge in [0.2, 0.25) is 23.6 Å². The average molecular weight is 368 g/mol. The minimum absolute atomic E-state index is 0.00362. The Kier molecular flexibility index (Phi) is 5.14. The van der Waals surface area contributed by atoms with Crippen LogP contribution in [0.1, 0.15) is 6.42 Å². The molecule has 1 unspecified atom stereocenters. The number of amides is 2. The minimum Gasteiger partial charge on any atom is -0.480 e. The van der Waals surface area contributed by atoms with Crippen molar-refractivity contribution in [3.8, 4) is 11.8 Å². The number of hydrogen-bond acceptors (Lipinski definition) is 8. The topological polar surface area (TPSA) is 84.9 Å². The minimum atomic E-state index is -0.161. The summed E-state index contributed by atoms with van der Waals surface area (Å²) >= 11 is 6.38. The van der Waals surface area contributed by atoms with Crippen molar-refractivity contribution in [1.29, 1.82) is 0 Å². The van der Waals surface area contributed by atoms with Gasteiger partial charge in [-0.25, -0.2) is 0 Å². The van der Waals surface area contributed by atoms with E-state index in [1.54, 1.807) is 4.90 Å². The van der Waals surface area contributed by atoms with Crippen molar-refractivity contribution >= 4 is 40.1 Å². The molecule has 0 radical (unpaired) electrons. The Morgan fingerprint density at radius 3 is 2.96 bits per heavy atom. The van der Waals surface area contributed by atoms with Gasteiger partial charge in [-0.2, -0.15) is 4.98 Å². The molecule has 0 saturated carbocycles. The largest absolute Gasteiger partial charge is 0.480 e. The normalized spacial score (nSPS) is 20.6. The second-order valence-corrected chi connectivity index (χ2v) is 6.91. The molecule has 24 heavy (non-hydrogen) atoms. The first-order valence-corrected chi connectivity index (χ1v) is 8.74. The predicted molar refractivity (Wildman–Crippen MR) is 91.0 cm³/mol. The summed E-state index contributed by atoms with van der Waals surface area (Å²) in [5.41, 5.74) is 0. The van der Waals surface area contributed by atoms with E-state index < -0.39 is 0 Å². The molecule has 0 aromatic carbocycles. The highest BCUT2D eigenvalue weighted by Gasteiger charge is 2.33. The van der Waals surface area contributed by atoms with Gasteiger partial charge in [0.1, 0.15) is 17.0 Å². The lowest BCUT2D eigenvalue weighted by molar-refractivity contribution is -0.135. The smallest absolute Gasteiger partial charge is 0.242 e. The molecule has 10 heteroatoms. The maximum absolute atomic E-state index is 12.4. The lowest BCUT2D eigenvalue weighted by atomic mass is 10.3. The number of rotatable bonds is 5. The van der Waals surface area contributed by atoms with E-state index in [-0.39, 0.29) is 24.5 Å². The number of carbonyl (C=O) groups is 2. The van der Waals surface area contributed by atoms with E-state index in [4.69, 9.17) is 21.7 Å². The number of thioether (sulfide) groups is 1. The van der Waals surface area contributed by atoms with Crippen LogP contribution in [0, 0.1) is 0 Å². The van der Waals surface area contributed by atoms with Crippen LogP contribution in [0.15, 0.2) is 12.4 Å². The van der Waals surface area contributed by atoms with Gasteiger partial charge in [0.15, 0.2) is 0 Å². The van der Waals surface area contributed by atoms with Gasteiger partial charge in [-0.1, -0.05) is 24.0 Å². The van der Waals surface area contributed by atoms with E-state index in [1.165, 1.54) is 36.2 Å². The van der Waals surface area contributed by atoms with E-state index in [0.29, 0.717) is 41.3 Å². The SMILES string of the molecule is COc1cncc(OC2CCN(C(=O)CN3C(=O)CSC3=S)C2)n1. The standard InChI is InChI=1S/C14H16N4O4S2/c1-21-10-4-15-5-11(16-10)22-9-2-3-17(6-9)12(19)7-18-13(20)8-24-14(18)23/h4-5,9H,2-3,6-8H2,1H3. The fourth-order valence-electron chi connectivity index (χ4n) is 2.48. The van der Waals surface area contributed by atoms with Gasteiger partial charge in [-0.05, 0) is 0 Å². The molecule has 1 aromatic heterocycles. The lowest BCUT2D eigenvalue weighted by Crippen LogP contribution is -2.41. The monoisotopic (exact) mass is 368 g/mol. The van der Waals surface area contributed by atoms with Crippen LogP contribution in [0.5, 0.6) is 11.8 Å². The molecule has 2 saturated heterocycles. The van der Waals surface area contributed by atoms with E-state index in [1.807, 2.05) is 0 Å². The van der Waals surface area contributed by atoms with Crippen molar-refractivity contribution in [2.45, 2.75) is 12.5 Å². The summed E-state index contributed by atoms with van der Waals surface area (Å²) in [6.07, 6.45) is 3.53. The fourth-order valence-corrected chi connectivity index (χ4v) is 3.55. The van der Waals surface area contributed by atoms with Crippen LogP contribution in [-0.4, -0.2) is 74.5 Å². The summed E-state index contributed by atoms with van der Waals surface area (Å²) in [6.45, 7) is 1.01. The zero-order valence-corrected chi connectivity index (χ0v) is 14.6. The van der Waals surface area contributed by atoms with Gasteiger partial charge in [0.25, 0.3) is 0 Å². The number of ether oxygens (including phenoxy) is 2. The highest BCUT2D eigenvalue weighted by molar-refractivity contribution is 8.23. The number of likely N-dealkylation sites (tertiary alicyclic amines) is 1. The van der Waals surface area contributed by atoms with Gasteiger partial charge >= 0.3 is 0 Å². The molecular weight excluding hydrogens is 352 g/mol. The highest BCUT2D eigenvalue weighted by Crippen LogP contribution is 2.21. The van der Waals surface area contributed by atoms with Crippen LogP contribution < -0.4 is 9.47 Å². The van der Waals surface area contributed by atoms with Gasteiger partial charge < -0.3 is 14.4 Å². The highest BCUT2D eigenvalue weighted by atomic mass is 32.2. The van der Waals surface area contributed by atoms with Gasteiger partial charge in [0.05, 0.1) is 31.8 Å². The third-order valence-corrected chi connectivity index (χ3v) is 5.15. The summed E-state index contributed by atoms with van der Waals surface area (Å²) in [4.78, 5) is 35.2. The maximum atomic E-state index is 12.4. The zero-order chi connectivity index (χ0) is 17.1. The number of aromatic nitrogens is 2. The van der Waals surface area contributed by atoms with E-state index in [9.17, 15) is 9.59 Å². The first kappa shape index (κ1) is 16.9. The Labute approximate surface area is 148 Å². The van der Waals surface area contributed by atoms with E-state index >= 15 is 0 Å². The molecule has 2 aliphatic heterocycles. The molecule has 1 aromatic rings. The molecule has 0 spiro atoms. The second kappa shape index (κ2) is 7.31. The van der Waals surface area contributed by atoms with Crippen LogP contribution in [-0.2, 0) is 9.59 Å². The molecule has 128 valence electrons. The number of thiocarbonyl (C=S) groups is 1. The maximum Gasteiger partial charge on any atom is 0.242 e. The van der Waals surface area contributed by atoms with Gasteiger partial charge in [0, 0.05) is 13.0 Å². The van der Waals surface area contributed by atoms with Crippen LogP contribution in [0.4, 0.5) is 0 Å². The number of carbonyl (C=O) groups excluding carboxylic acids is 2. The van der Waals surface area contributed by atoms with Crippen LogP contribution in [0.3, 0.4) is 0 Å².